The molecule has 0 aliphatic rings. The second-order valence-corrected chi connectivity index (χ2v) is 4.53. The first-order chi connectivity index (χ1) is 7.63. The first kappa shape index (κ1) is 13.2. The van der Waals surface area contributed by atoms with E-state index in [2.05, 4.69) is 31.2 Å². The average Bonchev–Trinajstić information content (AvgIpc) is 2.72. The second-order valence-electron chi connectivity index (χ2n) is 4.53. The van der Waals surface area contributed by atoms with Crippen LogP contribution in [0.1, 0.15) is 45.3 Å². The fourth-order valence-corrected chi connectivity index (χ4v) is 1.54. The number of nitrogens with zero attached hydrogens (tertiary/aromatic N) is 2. The minimum atomic E-state index is 0.272. The van der Waals surface area contributed by atoms with Gasteiger partial charge in [0.25, 0.3) is 0 Å². The van der Waals surface area contributed by atoms with Crippen molar-refractivity contribution in [2.75, 3.05) is 6.61 Å². The zero-order chi connectivity index (χ0) is 12.0. The first-order valence-corrected chi connectivity index (χ1v) is 6.01. The molecule has 2 N–H and O–H groups in total. The van der Waals surface area contributed by atoms with Gasteiger partial charge in [-0.1, -0.05) is 0 Å². The summed E-state index contributed by atoms with van der Waals surface area (Å²) in [5.41, 5.74) is 1.07. The molecule has 16 heavy (non-hydrogen) atoms. The van der Waals surface area contributed by atoms with Gasteiger partial charge >= 0.3 is 0 Å². The van der Waals surface area contributed by atoms with Gasteiger partial charge in [0.1, 0.15) is 0 Å². The predicted molar refractivity (Wildman–Crippen MR) is 65.2 cm³/mol. The third kappa shape index (κ3) is 4.33. The van der Waals surface area contributed by atoms with Crippen molar-refractivity contribution in [3.63, 3.8) is 0 Å². The molecule has 0 aromatic carbocycles. The van der Waals surface area contributed by atoms with Crippen molar-refractivity contribution in [1.29, 1.82) is 0 Å². The average molecular weight is 225 g/mol. The molecule has 0 amide bonds. The molecule has 1 atom stereocenters. The van der Waals surface area contributed by atoms with E-state index in [0.717, 1.165) is 25.1 Å². The molecule has 0 aliphatic heterocycles. The van der Waals surface area contributed by atoms with Gasteiger partial charge in [-0.15, -0.1) is 0 Å². The fraction of sp³-hybridized carbons (Fsp3) is 0.750. The van der Waals surface area contributed by atoms with E-state index < -0.39 is 0 Å². The Morgan fingerprint density at radius 1 is 1.44 bits per heavy atom. The van der Waals surface area contributed by atoms with Crippen LogP contribution in [0.2, 0.25) is 0 Å². The van der Waals surface area contributed by atoms with Gasteiger partial charge < -0.3 is 10.4 Å². The van der Waals surface area contributed by atoms with E-state index in [4.69, 9.17) is 5.11 Å². The number of hydrogen-bond donors (Lipinski definition) is 2. The van der Waals surface area contributed by atoms with Crippen LogP contribution in [0.25, 0.3) is 0 Å². The Morgan fingerprint density at radius 2 is 2.19 bits per heavy atom. The monoisotopic (exact) mass is 225 g/mol. The summed E-state index contributed by atoms with van der Waals surface area (Å²) in [5.74, 6) is 0. The number of aliphatic hydroxyl groups is 1. The highest BCUT2D eigenvalue weighted by atomic mass is 16.2. The third-order valence-corrected chi connectivity index (χ3v) is 2.62. The Balaban J connectivity index is 2.31. The molecule has 92 valence electrons. The van der Waals surface area contributed by atoms with Gasteiger partial charge in [0.2, 0.25) is 0 Å². The van der Waals surface area contributed by atoms with Crippen molar-refractivity contribution in [2.45, 2.75) is 52.2 Å². The SMILES string of the molecule is CC(CCCO)NCc1ccn(C(C)C)n1. The summed E-state index contributed by atoms with van der Waals surface area (Å²) in [7, 11) is 0. The lowest BCUT2D eigenvalue weighted by Crippen LogP contribution is -2.25. The lowest BCUT2D eigenvalue weighted by molar-refractivity contribution is 0.276. The van der Waals surface area contributed by atoms with Crippen LogP contribution >= 0.6 is 0 Å². The van der Waals surface area contributed by atoms with Crippen LogP contribution in [0.4, 0.5) is 0 Å². The van der Waals surface area contributed by atoms with E-state index >= 15 is 0 Å². The normalized spacial score (nSPS) is 13.3. The van der Waals surface area contributed by atoms with E-state index in [9.17, 15) is 0 Å². The summed E-state index contributed by atoms with van der Waals surface area (Å²) < 4.78 is 1.97. The molecule has 4 nitrogen and oxygen atoms in total. The molecule has 1 unspecified atom stereocenters. The number of nitrogens with one attached hydrogen (secondary N) is 1. The molecule has 1 aromatic rings. The second kappa shape index (κ2) is 6.66. The van der Waals surface area contributed by atoms with Crippen LogP contribution in [0.15, 0.2) is 12.3 Å². The van der Waals surface area contributed by atoms with Crippen LogP contribution in [0, 0.1) is 0 Å². The number of hydrogen-bond acceptors (Lipinski definition) is 3. The topological polar surface area (TPSA) is 50.1 Å². The highest BCUT2D eigenvalue weighted by Gasteiger charge is 2.04. The standard InChI is InChI=1S/C12H23N3O/c1-10(2)15-7-6-12(14-15)9-13-11(3)5-4-8-16/h6-7,10-11,13,16H,4-5,8-9H2,1-3H3. The lowest BCUT2D eigenvalue weighted by Gasteiger charge is -2.11. The van der Waals surface area contributed by atoms with Gasteiger partial charge in [-0.3, -0.25) is 4.68 Å². The summed E-state index contributed by atoms with van der Waals surface area (Å²) in [4.78, 5) is 0. The maximum atomic E-state index is 8.72. The van der Waals surface area contributed by atoms with E-state index in [1.165, 1.54) is 0 Å². The molecular formula is C12H23N3O. The Morgan fingerprint density at radius 3 is 2.75 bits per heavy atom. The quantitative estimate of drug-likeness (QED) is 0.743. The Labute approximate surface area is 97.7 Å². The largest absolute Gasteiger partial charge is 0.396 e. The molecule has 0 bridgehead atoms. The van der Waals surface area contributed by atoms with Gasteiger partial charge in [-0.2, -0.15) is 5.10 Å². The van der Waals surface area contributed by atoms with E-state index in [1.807, 2.05) is 16.9 Å². The zero-order valence-corrected chi connectivity index (χ0v) is 10.5. The Hall–Kier alpha value is -0.870. The van der Waals surface area contributed by atoms with Crippen molar-refractivity contribution in [3.8, 4) is 0 Å². The van der Waals surface area contributed by atoms with Crippen LogP contribution in [0.3, 0.4) is 0 Å². The zero-order valence-electron chi connectivity index (χ0n) is 10.5. The van der Waals surface area contributed by atoms with E-state index in [0.29, 0.717) is 12.1 Å². The van der Waals surface area contributed by atoms with Gasteiger partial charge in [0.05, 0.1) is 5.69 Å². The van der Waals surface area contributed by atoms with Crippen LogP contribution in [-0.2, 0) is 6.54 Å². The van der Waals surface area contributed by atoms with E-state index in [1.54, 1.807) is 0 Å². The van der Waals surface area contributed by atoms with Crippen molar-refractivity contribution in [3.05, 3.63) is 18.0 Å². The smallest absolute Gasteiger partial charge is 0.0762 e. The maximum absolute atomic E-state index is 8.72. The number of aromatic nitrogens is 2. The molecule has 4 heteroatoms. The van der Waals surface area contributed by atoms with Crippen LogP contribution in [0.5, 0.6) is 0 Å². The molecular weight excluding hydrogens is 202 g/mol. The summed E-state index contributed by atoms with van der Waals surface area (Å²) in [6.45, 7) is 7.44. The van der Waals surface area contributed by atoms with Gasteiger partial charge in [0.15, 0.2) is 0 Å². The highest BCUT2D eigenvalue weighted by molar-refractivity contribution is 4.99. The number of aliphatic hydroxyl groups excluding tert-OH is 1. The molecule has 0 saturated heterocycles. The molecule has 1 aromatic heterocycles. The summed E-state index contributed by atoms with van der Waals surface area (Å²) in [6.07, 6.45) is 3.87. The van der Waals surface area contributed by atoms with E-state index in [-0.39, 0.29) is 6.61 Å². The Kier molecular flexibility index (Phi) is 5.49. The van der Waals surface area contributed by atoms with Gasteiger partial charge in [-0.05, 0) is 39.7 Å². The van der Waals surface area contributed by atoms with Crippen LogP contribution < -0.4 is 5.32 Å². The Bertz CT molecular complexity index is 296. The molecule has 0 aliphatic carbocycles. The molecule has 0 fully saturated rings. The first-order valence-electron chi connectivity index (χ1n) is 6.01. The molecule has 1 rings (SSSR count). The summed E-state index contributed by atoms with van der Waals surface area (Å²) in [5, 5.41) is 16.6. The highest BCUT2D eigenvalue weighted by Crippen LogP contribution is 2.04. The molecule has 1 heterocycles. The summed E-state index contributed by atoms with van der Waals surface area (Å²) in [6, 6.07) is 2.89. The maximum Gasteiger partial charge on any atom is 0.0762 e. The van der Waals surface area contributed by atoms with Gasteiger partial charge in [0, 0.05) is 31.4 Å². The van der Waals surface area contributed by atoms with Gasteiger partial charge in [-0.25, -0.2) is 0 Å². The fourth-order valence-electron chi connectivity index (χ4n) is 1.54. The van der Waals surface area contributed by atoms with Crippen molar-refractivity contribution in [1.82, 2.24) is 15.1 Å². The summed E-state index contributed by atoms with van der Waals surface area (Å²) >= 11 is 0. The minimum Gasteiger partial charge on any atom is -0.396 e. The van der Waals surface area contributed by atoms with Crippen molar-refractivity contribution < 1.29 is 5.11 Å². The molecule has 0 saturated carbocycles. The minimum absolute atomic E-state index is 0.272. The predicted octanol–water partition coefficient (Wildman–Crippen LogP) is 1.71. The van der Waals surface area contributed by atoms with Crippen molar-refractivity contribution in [2.24, 2.45) is 0 Å². The molecule has 0 spiro atoms. The van der Waals surface area contributed by atoms with Crippen molar-refractivity contribution >= 4 is 0 Å². The molecule has 0 radical (unpaired) electrons. The van der Waals surface area contributed by atoms with Crippen LogP contribution in [-0.4, -0.2) is 27.5 Å². The third-order valence-electron chi connectivity index (χ3n) is 2.62. The lowest BCUT2D eigenvalue weighted by atomic mass is 10.2. The number of rotatable bonds is 7.